The maximum atomic E-state index is 12.3. The molecule has 2 N–H and O–H groups in total. The van der Waals surface area contributed by atoms with E-state index < -0.39 is 0 Å². The highest BCUT2D eigenvalue weighted by atomic mass is 16.1. The minimum Gasteiger partial charge on any atom is -0.316 e. The summed E-state index contributed by atoms with van der Waals surface area (Å²) in [6, 6.07) is 17.5. The highest BCUT2D eigenvalue weighted by Crippen LogP contribution is 2.36. The Balaban J connectivity index is 1.74. The van der Waals surface area contributed by atoms with Crippen LogP contribution in [-0.4, -0.2) is 24.6 Å². The van der Waals surface area contributed by atoms with E-state index in [1.54, 1.807) is 0 Å². The van der Waals surface area contributed by atoms with E-state index in [4.69, 9.17) is 0 Å². The largest absolute Gasteiger partial charge is 0.316 e. The molecule has 1 aliphatic carbocycles. The van der Waals surface area contributed by atoms with Crippen molar-refractivity contribution in [2.24, 2.45) is 11.8 Å². The first-order valence-corrected chi connectivity index (χ1v) is 15.8. The van der Waals surface area contributed by atoms with Crippen molar-refractivity contribution in [1.82, 2.24) is 5.32 Å². The lowest BCUT2D eigenvalue weighted by Crippen LogP contribution is -2.21. The minimum atomic E-state index is 0.0954. The monoisotopic (exact) mass is 566 g/mol. The summed E-state index contributed by atoms with van der Waals surface area (Å²) < 4.78 is 0. The second-order valence-electron chi connectivity index (χ2n) is 14.4. The van der Waals surface area contributed by atoms with Gasteiger partial charge in [-0.1, -0.05) is 129 Å². The quantitative estimate of drug-likeness (QED) is 0.251. The normalized spacial score (nSPS) is 16.0. The summed E-state index contributed by atoms with van der Waals surface area (Å²) in [6.45, 7) is 21.5. The van der Waals surface area contributed by atoms with Gasteiger partial charge in [0.2, 0.25) is 0 Å². The smallest absolute Gasteiger partial charge is 0.134 e. The number of Topliss-reactive ketones (excluding diaryl/α,β-unsaturated/α-hetero) is 1. The lowest BCUT2D eigenvalue weighted by atomic mass is 9.81. The van der Waals surface area contributed by atoms with Crippen molar-refractivity contribution in [3.63, 3.8) is 0 Å². The number of hydrogen-bond donors (Lipinski definition) is 2. The SMILES string of the molecule is CC(C)C(C)CC(=O)CCNCCC/C=C1\C(=N)C(c2ccc(C(C)(C)C)cc2)=CC=C1c1ccc(C(C)(C)C)cc1. The zero-order valence-electron chi connectivity index (χ0n) is 27.7. The van der Waals surface area contributed by atoms with Gasteiger partial charge in [0.25, 0.3) is 0 Å². The van der Waals surface area contributed by atoms with E-state index in [-0.39, 0.29) is 10.8 Å². The first-order valence-electron chi connectivity index (χ1n) is 15.8. The number of carbonyl (C=O) groups is 1. The molecule has 0 aliphatic heterocycles. The fraction of sp³-hybridized carbons (Fsp3) is 0.487. The Morgan fingerprint density at radius 3 is 1.79 bits per heavy atom. The van der Waals surface area contributed by atoms with Gasteiger partial charge in [-0.15, -0.1) is 0 Å². The van der Waals surface area contributed by atoms with Gasteiger partial charge in [-0.2, -0.15) is 0 Å². The molecule has 0 saturated carbocycles. The van der Waals surface area contributed by atoms with E-state index in [1.165, 1.54) is 11.1 Å². The molecule has 3 nitrogen and oxygen atoms in total. The Bertz CT molecular complexity index is 1310. The molecule has 42 heavy (non-hydrogen) atoms. The van der Waals surface area contributed by atoms with Gasteiger partial charge in [-0.05, 0) is 69.9 Å². The Kier molecular flexibility index (Phi) is 11.5. The van der Waals surface area contributed by atoms with Crippen LogP contribution in [0.3, 0.4) is 0 Å². The van der Waals surface area contributed by atoms with E-state index in [1.807, 2.05) is 0 Å². The number of hydrogen-bond acceptors (Lipinski definition) is 3. The van der Waals surface area contributed by atoms with Crippen LogP contribution in [0.15, 0.2) is 72.3 Å². The molecule has 0 spiro atoms. The predicted octanol–water partition coefficient (Wildman–Crippen LogP) is 9.72. The number of benzene rings is 2. The van der Waals surface area contributed by atoms with Crippen molar-refractivity contribution in [3.05, 3.63) is 94.6 Å². The highest BCUT2D eigenvalue weighted by Gasteiger charge is 2.22. The average molecular weight is 567 g/mol. The number of rotatable bonds is 12. The number of nitrogens with one attached hydrogen (secondary N) is 2. The lowest BCUT2D eigenvalue weighted by Gasteiger charge is -2.23. The molecule has 0 saturated heterocycles. The Morgan fingerprint density at radius 2 is 1.29 bits per heavy atom. The lowest BCUT2D eigenvalue weighted by molar-refractivity contribution is -0.120. The Hall–Kier alpha value is -3.04. The van der Waals surface area contributed by atoms with E-state index in [0.29, 0.717) is 36.2 Å². The number of ketones is 1. The summed E-state index contributed by atoms with van der Waals surface area (Å²) >= 11 is 0. The van der Waals surface area contributed by atoms with Gasteiger partial charge in [0.15, 0.2) is 0 Å². The molecule has 0 fully saturated rings. The third kappa shape index (κ3) is 9.23. The minimum absolute atomic E-state index is 0.0954. The van der Waals surface area contributed by atoms with E-state index in [2.05, 4.69) is 134 Å². The molecule has 3 heteroatoms. The van der Waals surface area contributed by atoms with Gasteiger partial charge in [0.1, 0.15) is 5.78 Å². The molecule has 226 valence electrons. The third-order valence-corrected chi connectivity index (χ3v) is 8.54. The van der Waals surface area contributed by atoms with Crippen LogP contribution in [0.25, 0.3) is 11.1 Å². The van der Waals surface area contributed by atoms with Crippen molar-refractivity contribution in [3.8, 4) is 0 Å². The standard InChI is InChI=1S/C39H54N2O/c1-27(2)28(3)26-33(42)23-25-41-24-11-10-12-36-34(29-13-17-31(18-14-29)38(4,5)6)21-22-35(37(36)40)30-15-19-32(20-16-30)39(7,8)9/h12-22,27-28,40-41H,10-11,23-26H2,1-9H3/b36-12-,40-37?. The summed E-state index contributed by atoms with van der Waals surface area (Å²) in [4.78, 5) is 12.3. The number of allylic oxidation sites excluding steroid dienone is 6. The van der Waals surface area contributed by atoms with Gasteiger partial charge in [-0.3, -0.25) is 10.2 Å². The van der Waals surface area contributed by atoms with Gasteiger partial charge >= 0.3 is 0 Å². The summed E-state index contributed by atoms with van der Waals surface area (Å²) in [6.07, 6.45) is 9.64. The summed E-state index contributed by atoms with van der Waals surface area (Å²) in [7, 11) is 0. The van der Waals surface area contributed by atoms with Crippen LogP contribution < -0.4 is 5.32 Å². The summed E-state index contributed by atoms with van der Waals surface area (Å²) in [5, 5.41) is 12.7. The molecular weight excluding hydrogens is 512 g/mol. The second kappa shape index (κ2) is 14.4. The van der Waals surface area contributed by atoms with Crippen LogP contribution in [0.5, 0.6) is 0 Å². The molecule has 0 aromatic heterocycles. The van der Waals surface area contributed by atoms with E-state index >= 15 is 0 Å². The van der Waals surface area contributed by atoms with Crippen LogP contribution in [0.4, 0.5) is 0 Å². The fourth-order valence-electron chi connectivity index (χ4n) is 5.15. The summed E-state index contributed by atoms with van der Waals surface area (Å²) in [5.74, 6) is 1.34. The van der Waals surface area contributed by atoms with Crippen molar-refractivity contribution in [2.75, 3.05) is 13.1 Å². The van der Waals surface area contributed by atoms with Crippen molar-refractivity contribution < 1.29 is 4.79 Å². The second-order valence-corrected chi connectivity index (χ2v) is 14.4. The van der Waals surface area contributed by atoms with E-state index in [0.717, 1.165) is 53.8 Å². The molecule has 1 aliphatic rings. The van der Waals surface area contributed by atoms with Crippen molar-refractivity contribution in [1.29, 1.82) is 5.41 Å². The molecule has 2 aromatic rings. The topological polar surface area (TPSA) is 53.0 Å². The molecule has 0 heterocycles. The molecule has 1 unspecified atom stereocenters. The molecule has 0 amide bonds. The van der Waals surface area contributed by atoms with E-state index in [9.17, 15) is 10.2 Å². The average Bonchev–Trinajstić information content (AvgIpc) is 2.92. The van der Waals surface area contributed by atoms with Crippen LogP contribution in [0.2, 0.25) is 0 Å². The van der Waals surface area contributed by atoms with Gasteiger partial charge < -0.3 is 5.32 Å². The summed E-state index contributed by atoms with van der Waals surface area (Å²) in [5.41, 5.74) is 8.66. The van der Waals surface area contributed by atoms with Gasteiger partial charge in [0.05, 0.1) is 5.71 Å². The molecule has 3 rings (SSSR count). The predicted molar refractivity (Wildman–Crippen MR) is 182 cm³/mol. The fourth-order valence-corrected chi connectivity index (χ4v) is 5.15. The molecule has 1 atom stereocenters. The Morgan fingerprint density at radius 1 is 0.786 bits per heavy atom. The van der Waals surface area contributed by atoms with Gasteiger partial charge in [0, 0.05) is 30.5 Å². The van der Waals surface area contributed by atoms with Crippen molar-refractivity contribution in [2.45, 2.75) is 98.8 Å². The van der Waals surface area contributed by atoms with Gasteiger partial charge in [-0.25, -0.2) is 0 Å². The first-order chi connectivity index (χ1) is 19.7. The van der Waals surface area contributed by atoms with Crippen LogP contribution in [0.1, 0.15) is 110 Å². The molecular formula is C39H54N2O. The zero-order valence-corrected chi connectivity index (χ0v) is 27.7. The highest BCUT2D eigenvalue weighted by molar-refractivity contribution is 6.37. The maximum Gasteiger partial charge on any atom is 0.134 e. The first kappa shape index (κ1) is 33.5. The van der Waals surface area contributed by atoms with Crippen molar-refractivity contribution >= 4 is 22.6 Å². The third-order valence-electron chi connectivity index (χ3n) is 8.54. The maximum absolute atomic E-state index is 12.3. The van der Waals surface area contributed by atoms with Crippen LogP contribution in [0, 0.1) is 17.2 Å². The molecule has 2 aromatic carbocycles. The Labute approximate surface area is 256 Å². The molecule has 0 bridgehead atoms. The number of carbonyl (C=O) groups excluding carboxylic acids is 1. The van der Waals surface area contributed by atoms with Crippen LogP contribution in [-0.2, 0) is 15.6 Å². The van der Waals surface area contributed by atoms with Crippen LogP contribution >= 0.6 is 0 Å². The number of unbranched alkanes of at least 4 members (excludes halogenated alkanes) is 1. The molecule has 0 radical (unpaired) electrons. The zero-order chi connectivity index (χ0) is 31.1.